The first-order chi connectivity index (χ1) is 7.15. The van der Waals surface area contributed by atoms with E-state index in [4.69, 9.17) is 5.73 Å². The van der Waals surface area contributed by atoms with E-state index in [1.165, 1.54) is 6.07 Å². The number of nitrogens with one attached hydrogen (secondary N) is 1. The van der Waals surface area contributed by atoms with E-state index in [2.05, 4.69) is 10.3 Å². The first-order valence-corrected chi connectivity index (χ1v) is 4.96. The van der Waals surface area contributed by atoms with E-state index in [1.807, 2.05) is 13.8 Å². The summed E-state index contributed by atoms with van der Waals surface area (Å²) in [5, 5.41) is 2.93. The Balaban J connectivity index is 2.73. The van der Waals surface area contributed by atoms with Gasteiger partial charge in [0.1, 0.15) is 5.82 Å². The Morgan fingerprint density at radius 3 is 2.80 bits per heavy atom. The molecule has 3 nitrogen and oxygen atoms in total. The maximum Gasteiger partial charge on any atom is 0.189 e. The monoisotopic (exact) mass is 209 g/mol. The molecule has 15 heavy (non-hydrogen) atoms. The summed E-state index contributed by atoms with van der Waals surface area (Å²) < 4.78 is 13.4. The molecular weight excluding hydrogens is 193 g/mol. The van der Waals surface area contributed by atoms with Crippen LogP contribution in [0.1, 0.15) is 25.5 Å². The first kappa shape index (κ1) is 11.5. The van der Waals surface area contributed by atoms with Crippen molar-refractivity contribution in [2.45, 2.75) is 19.9 Å². The lowest BCUT2D eigenvalue weighted by molar-refractivity contribution is 0.578. The SMILES string of the molecule is CCN=C(N)NC(C)c1ccccc1F. The van der Waals surface area contributed by atoms with Gasteiger partial charge in [0.15, 0.2) is 5.96 Å². The summed E-state index contributed by atoms with van der Waals surface area (Å²) in [6.45, 7) is 4.35. The molecule has 82 valence electrons. The van der Waals surface area contributed by atoms with E-state index in [0.29, 0.717) is 18.1 Å². The van der Waals surface area contributed by atoms with Gasteiger partial charge in [-0.1, -0.05) is 18.2 Å². The Morgan fingerprint density at radius 2 is 2.20 bits per heavy atom. The molecule has 0 aliphatic heterocycles. The van der Waals surface area contributed by atoms with Crippen LogP contribution >= 0.6 is 0 Å². The average Bonchev–Trinajstić information content (AvgIpc) is 2.18. The second kappa shape index (κ2) is 5.34. The summed E-state index contributed by atoms with van der Waals surface area (Å²) >= 11 is 0. The van der Waals surface area contributed by atoms with E-state index < -0.39 is 0 Å². The largest absolute Gasteiger partial charge is 0.370 e. The van der Waals surface area contributed by atoms with Crippen LogP contribution in [-0.2, 0) is 0 Å². The highest BCUT2D eigenvalue weighted by molar-refractivity contribution is 5.78. The second-order valence-electron chi connectivity index (χ2n) is 3.25. The molecule has 0 saturated carbocycles. The van der Waals surface area contributed by atoms with E-state index in [-0.39, 0.29) is 11.9 Å². The van der Waals surface area contributed by atoms with Gasteiger partial charge in [-0.25, -0.2) is 4.39 Å². The Morgan fingerprint density at radius 1 is 1.53 bits per heavy atom. The highest BCUT2D eigenvalue weighted by Crippen LogP contribution is 2.15. The van der Waals surface area contributed by atoms with Gasteiger partial charge in [-0.05, 0) is 19.9 Å². The predicted molar refractivity (Wildman–Crippen MR) is 60.1 cm³/mol. The van der Waals surface area contributed by atoms with Crippen molar-refractivity contribution >= 4 is 5.96 Å². The number of halogens is 1. The maximum atomic E-state index is 13.4. The number of benzene rings is 1. The molecule has 1 aromatic carbocycles. The fraction of sp³-hybridized carbons (Fsp3) is 0.364. The second-order valence-corrected chi connectivity index (χ2v) is 3.25. The van der Waals surface area contributed by atoms with Gasteiger partial charge >= 0.3 is 0 Å². The van der Waals surface area contributed by atoms with Gasteiger partial charge in [-0.3, -0.25) is 4.99 Å². The molecule has 0 fully saturated rings. The van der Waals surface area contributed by atoms with Crippen LogP contribution in [0.2, 0.25) is 0 Å². The zero-order valence-corrected chi connectivity index (χ0v) is 9.00. The van der Waals surface area contributed by atoms with Gasteiger partial charge in [-0.2, -0.15) is 0 Å². The quantitative estimate of drug-likeness (QED) is 0.589. The molecule has 0 aromatic heterocycles. The van der Waals surface area contributed by atoms with Gasteiger partial charge in [0.2, 0.25) is 0 Å². The Hall–Kier alpha value is -1.58. The van der Waals surface area contributed by atoms with Crippen molar-refractivity contribution in [3.63, 3.8) is 0 Å². The third kappa shape index (κ3) is 3.23. The molecule has 0 radical (unpaired) electrons. The van der Waals surface area contributed by atoms with Gasteiger partial charge in [0.05, 0.1) is 6.04 Å². The van der Waals surface area contributed by atoms with Crippen molar-refractivity contribution in [1.82, 2.24) is 5.32 Å². The van der Waals surface area contributed by atoms with Crippen molar-refractivity contribution in [3.8, 4) is 0 Å². The third-order valence-corrected chi connectivity index (χ3v) is 2.06. The molecule has 1 rings (SSSR count). The molecular formula is C11H16FN3. The molecule has 0 saturated heterocycles. The van der Waals surface area contributed by atoms with E-state index in [9.17, 15) is 4.39 Å². The summed E-state index contributed by atoms with van der Waals surface area (Å²) in [4.78, 5) is 3.98. The number of rotatable bonds is 3. The van der Waals surface area contributed by atoms with Gasteiger partial charge < -0.3 is 11.1 Å². The normalized spacial score (nSPS) is 13.7. The zero-order chi connectivity index (χ0) is 11.3. The molecule has 0 spiro atoms. The number of nitrogens with two attached hydrogens (primary N) is 1. The van der Waals surface area contributed by atoms with Crippen molar-refractivity contribution < 1.29 is 4.39 Å². The van der Waals surface area contributed by atoms with Crippen molar-refractivity contribution in [1.29, 1.82) is 0 Å². The molecule has 1 atom stereocenters. The van der Waals surface area contributed by atoms with Gasteiger partial charge in [0.25, 0.3) is 0 Å². The van der Waals surface area contributed by atoms with E-state index >= 15 is 0 Å². The van der Waals surface area contributed by atoms with Crippen LogP contribution in [0.5, 0.6) is 0 Å². The lowest BCUT2D eigenvalue weighted by Gasteiger charge is -2.15. The Kier molecular flexibility index (Phi) is 4.09. The minimum absolute atomic E-state index is 0.179. The molecule has 1 aromatic rings. The average molecular weight is 209 g/mol. The zero-order valence-electron chi connectivity index (χ0n) is 9.00. The molecule has 4 heteroatoms. The Bertz CT molecular complexity index is 349. The summed E-state index contributed by atoms with van der Waals surface area (Å²) in [6, 6.07) is 6.44. The molecule has 0 heterocycles. The maximum absolute atomic E-state index is 13.4. The minimum Gasteiger partial charge on any atom is -0.370 e. The number of hydrogen-bond donors (Lipinski definition) is 2. The number of hydrogen-bond acceptors (Lipinski definition) is 1. The highest BCUT2D eigenvalue weighted by atomic mass is 19.1. The number of nitrogens with zero attached hydrogens (tertiary/aromatic N) is 1. The Labute approximate surface area is 89.2 Å². The van der Waals surface area contributed by atoms with E-state index in [1.54, 1.807) is 18.2 Å². The molecule has 0 bridgehead atoms. The summed E-state index contributed by atoms with van der Waals surface area (Å²) in [5.41, 5.74) is 6.18. The molecule has 0 aliphatic carbocycles. The van der Waals surface area contributed by atoms with Crippen LogP contribution in [-0.4, -0.2) is 12.5 Å². The van der Waals surface area contributed by atoms with Gasteiger partial charge in [-0.15, -0.1) is 0 Å². The fourth-order valence-corrected chi connectivity index (χ4v) is 1.34. The van der Waals surface area contributed by atoms with Crippen LogP contribution in [0.25, 0.3) is 0 Å². The van der Waals surface area contributed by atoms with Crippen LogP contribution < -0.4 is 11.1 Å². The van der Waals surface area contributed by atoms with Crippen molar-refractivity contribution in [2.75, 3.05) is 6.54 Å². The fourth-order valence-electron chi connectivity index (χ4n) is 1.34. The van der Waals surface area contributed by atoms with Gasteiger partial charge in [0, 0.05) is 12.1 Å². The third-order valence-electron chi connectivity index (χ3n) is 2.06. The number of aliphatic imine (C=N–C) groups is 1. The predicted octanol–water partition coefficient (Wildman–Crippen LogP) is 1.81. The first-order valence-electron chi connectivity index (χ1n) is 4.96. The van der Waals surface area contributed by atoms with Crippen molar-refractivity contribution in [2.24, 2.45) is 10.7 Å². The molecule has 3 N–H and O–H groups in total. The van der Waals surface area contributed by atoms with Crippen LogP contribution in [0, 0.1) is 5.82 Å². The minimum atomic E-state index is -0.234. The van der Waals surface area contributed by atoms with Crippen molar-refractivity contribution in [3.05, 3.63) is 35.6 Å². The lowest BCUT2D eigenvalue weighted by Crippen LogP contribution is -2.34. The van der Waals surface area contributed by atoms with Crippen LogP contribution in [0.4, 0.5) is 4.39 Å². The highest BCUT2D eigenvalue weighted by Gasteiger charge is 2.09. The molecule has 0 amide bonds. The van der Waals surface area contributed by atoms with E-state index in [0.717, 1.165) is 0 Å². The topological polar surface area (TPSA) is 50.4 Å². The molecule has 1 unspecified atom stereocenters. The molecule has 0 aliphatic rings. The summed E-state index contributed by atoms with van der Waals surface area (Å²) in [5.74, 6) is 0.107. The van der Waals surface area contributed by atoms with Crippen LogP contribution in [0.3, 0.4) is 0 Å². The van der Waals surface area contributed by atoms with Crippen LogP contribution in [0.15, 0.2) is 29.3 Å². The lowest BCUT2D eigenvalue weighted by atomic mass is 10.1. The smallest absolute Gasteiger partial charge is 0.189 e. The summed E-state index contributed by atoms with van der Waals surface area (Å²) in [7, 11) is 0. The number of guanidine groups is 1. The standard InChI is InChI=1S/C11H16FN3/c1-3-14-11(13)15-8(2)9-6-4-5-7-10(9)12/h4-8H,3H2,1-2H3,(H3,13,14,15). The summed E-state index contributed by atoms with van der Waals surface area (Å²) in [6.07, 6.45) is 0.